The Morgan fingerprint density at radius 3 is 2.41 bits per heavy atom. The summed E-state index contributed by atoms with van der Waals surface area (Å²) < 4.78 is 34.4. The summed E-state index contributed by atoms with van der Waals surface area (Å²) in [4.78, 5) is 17.7. The second-order valence-corrected chi connectivity index (χ2v) is 8.25. The summed E-state index contributed by atoms with van der Waals surface area (Å²) >= 11 is 3.55. The molecule has 0 bridgehead atoms. The monoisotopic (exact) mass is 514 g/mol. The minimum absolute atomic E-state index is 0.241. The molecule has 2 aromatic heterocycles. The quantitative estimate of drug-likeness (QED) is 0.470. The van der Waals surface area contributed by atoms with Gasteiger partial charge in [0.15, 0.2) is 5.65 Å². The highest BCUT2D eigenvalue weighted by molar-refractivity contribution is 9.10. The van der Waals surface area contributed by atoms with Crippen LogP contribution in [-0.2, 0) is 11.3 Å². The number of fused-ring (bicyclic) bond motifs is 1. The molecule has 32 heavy (non-hydrogen) atoms. The Kier molecular flexibility index (Phi) is 7.34. The molecule has 8 nitrogen and oxygen atoms in total. The second kappa shape index (κ2) is 9.82. The lowest BCUT2D eigenvalue weighted by atomic mass is 9.93. The number of hydrogen-bond donors (Lipinski definition) is 3. The van der Waals surface area contributed by atoms with Gasteiger partial charge in [-0.15, -0.1) is 0 Å². The third kappa shape index (κ3) is 5.54. The van der Waals surface area contributed by atoms with E-state index in [0.717, 1.165) is 34.5 Å². The summed E-state index contributed by atoms with van der Waals surface area (Å²) in [6, 6.07) is 9.07. The summed E-state index contributed by atoms with van der Waals surface area (Å²) in [7, 11) is 0. The van der Waals surface area contributed by atoms with E-state index >= 15 is 0 Å². The van der Waals surface area contributed by atoms with Gasteiger partial charge in [0.2, 0.25) is 0 Å². The average Bonchev–Trinajstić information content (AvgIpc) is 3.04. The molecule has 4 rings (SSSR count). The van der Waals surface area contributed by atoms with E-state index in [1.165, 1.54) is 11.1 Å². The molecule has 1 saturated heterocycles. The summed E-state index contributed by atoms with van der Waals surface area (Å²) in [5, 5.41) is 19.3. The van der Waals surface area contributed by atoms with Crippen LogP contribution in [0.15, 0.2) is 35.2 Å². The lowest BCUT2D eigenvalue weighted by Gasteiger charge is -2.27. The van der Waals surface area contributed by atoms with E-state index in [9.17, 15) is 13.2 Å². The van der Waals surface area contributed by atoms with Crippen LogP contribution in [0.3, 0.4) is 0 Å². The smallest absolute Gasteiger partial charge is 0.475 e. The van der Waals surface area contributed by atoms with Crippen molar-refractivity contribution in [3.05, 3.63) is 46.3 Å². The molecule has 1 aromatic carbocycles. The SMILES string of the molecule is CC(C)n1nc(Br)c2c(NCc3ccc(C4CNC4)cc3)ncnc21.O=C(O)C(F)(F)F. The Bertz CT molecular complexity index is 1080. The number of aromatic nitrogens is 4. The van der Waals surface area contributed by atoms with E-state index in [1.54, 1.807) is 6.33 Å². The number of alkyl halides is 3. The topological polar surface area (TPSA) is 105 Å². The summed E-state index contributed by atoms with van der Waals surface area (Å²) in [5.74, 6) is -1.29. The van der Waals surface area contributed by atoms with E-state index in [4.69, 9.17) is 9.90 Å². The van der Waals surface area contributed by atoms with Crippen LogP contribution in [0.2, 0.25) is 0 Å². The molecule has 0 saturated carbocycles. The van der Waals surface area contributed by atoms with Gasteiger partial charge in [-0.3, -0.25) is 0 Å². The molecule has 0 unspecified atom stereocenters. The number of carbonyl (C=O) groups is 1. The Hall–Kier alpha value is -2.73. The van der Waals surface area contributed by atoms with Crippen LogP contribution in [0.4, 0.5) is 19.0 Å². The molecule has 0 amide bonds. The van der Waals surface area contributed by atoms with Crippen LogP contribution >= 0.6 is 15.9 Å². The first kappa shape index (κ1) is 23.9. The molecule has 3 N–H and O–H groups in total. The van der Waals surface area contributed by atoms with E-state index in [2.05, 4.69) is 79.7 Å². The molecule has 3 heterocycles. The van der Waals surface area contributed by atoms with Crippen molar-refractivity contribution in [1.29, 1.82) is 0 Å². The highest BCUT2D eigenvalue weighted by Gasteiger charge is 2.38. The number of rotatable bonds is 5. The maximum Gasteiger partial charge on any atom is 0.490 e. The van der Waals surface area contributed by atoms with Crippen LogP contribution < -0.4 is 10.6 Å². The molecule has 1 aliphatic rings. The molecular weight excluding hydrogens is 493 g/mol. The molecule has 0 aliphatic carbocycles. The predicted octanol–water partition coefficient (Wildman–Crippen LogP) is 4.10. The fourth-order valence-corrected chi connectivity index (χ4v) is 3.58. The standard InChI is InChI=1S/C18H21BrN6.C2HF3O2/c1-11(2)25-18-15(16(19)24-25)17(22-10-23-18)21-7-12-3-5-13(6-4-12)14-8-20-9-14;3-2(4,5)1(6)7/h3-6,10-11,14,20H,7-9H2,1-2H3,(H,21,22,23);(H,6,7). The van der Waals surface area contributed by atoms with Crippen LogP contribution in [0.25, 0.3) is 11.0 Å². The van der Waals surface area contributed by atoms with E-state index < -0.39 is 12.1 Å². The molecular formula is C20H22BrF3N6O2. The van der Waals surface area contributed by atoms with Crippen molar-refractivity contribution in [2.24, 2.45) is 0 Å². The fourth-order valence-electron chi connectivity index (χ4n) is 3.04. The lowest BCUT2D eigenvalue weighted by molar-refractivity contribution is -0.192. The normalized spacial score (nSPS) is 14.1. The summed E-state index contributed by atoms with van der Waals surface area (Å²) in [5.41, 5.74) is 3.48. The summed E-state index contributed by atoms with van der Waals surface area (Å²) in [6.45, 7) is 7.07. The maximum atomic E-state index is 10.6. The van der Waals surface area contributed by atoms with Crippen LogP contribution in [0.5, 0.6) is 0 Å². The van der Waals surface area contributed by atoms with Gasteiger partial charge in [0.1, 0.15) is 16.7 Å². The lowest BCUT2D eigenvalue weighted by Crippen LogP contribution is -2.39. The minimum atomic E-state index is -5.08. The van der Waals surface area contributed by atoms with Crippen LogP contribution in [0, 0.1) is 0 Å². The number of benzene rings is 1. The zero-order valence-corrected chi connectivity index (χ0v) is 18.9. The number of aliphatic carboxylic acids is 1. The number of anilines is 1. The Morgan fingerprint density at radius 2 is 1.91 bits per heavy atom. The van der Waals surface area contributed by atoms with Gasteiger partial charge in [-0.1, -0.05) is 24.3 Å². The first-order valence-electron chi connectivity index (χ1n) is 9.80. The molecule has 1 fully saturated rings. The van der Waals surface area contributed by atoms with E-state index in [-0.39, 0.29) is 6.04 Å². The summed E-state index contributed by atoms with van der Waals surface area (Å²) in [6.07, 6.45) is -3.50. The molecule has 0 atom stereocenters. The van der Waals surface area contributed by atoms with Crippen LogP contribution in [-0.4, -0.2) is 50.1 Å². The first-order chi connectivity index (χ1) is 15.1. The van der Waals surface area contributed by atoms with Crippen molar-refractivity contribution in [3.63, 3.8) is 0 Å². The highest BCUT2D eigenvalue weighted by Crippen LogP contribution is 2.29. The maximum absolute atomic E-state index is 10.6. The molecule has 12 heteroatoms. The zero-order chi connectivity index (χ0) is 23.5. The van der Waals surface area contributed by atoms with E-state index in [1.807, 2.05) is 4.68 Å². The number of hydrogen-bond acceptors (Lipinski definition) is 6. The first-order valence-corrected chi connectivity index (χ1v) is 10.6. The number of carboxylic acid groups (broad SMARTS) is 1. The molecule has 3 aromatic rings. The van der Waals surface area contributed by atoms with Gasteiger partial charge in [0, 0.05) is 31.6 Å². The van der Waals surface area contributed by atoms with Crippen LogP contribution in [0.1, 0.15) is 36.9 Å². The molecule has 172 valence electrons. The van der Waals surface area contributed by atoms with Crippen molar-refractivity contribution in [2.75, 3.05) is 18.4 Å². The molecule has 0 radical (unpaired) electrons. The van der Waals surface area contributed by atoms with Crippen molar-refractivity contribution < 1.29 is 23.1 Å². The fraction of sp³-hybridized carbons (Fsp3) is 0.400. The van der Waals surface area contributed by atoms with Crippen molar-refractivity contribution in [2.45, 2.75) is 38.5 Å². The highest BCUT2D eigenvalue weighted by atomic mass is 79.9. The Labute approximate surface area is 190 Å². The minimum Gasteiger partial charge on any atom is -0.475 e. The van der Waals surface area contributed by atoms with E-state index in [0.29, 0.717) is 12.5 Å². The number of carboxylic acids is 1. The van der Waals surface area contributed by atoms with Gasteiger partial charge in [0.25, 0.3) is 0 Å². The van der Waals surface area contributed by atoms with Gasteiger partial charge in [-0.05, 0) is 40.9 Å². The Morgan fingerprint density at radius 1 is 1.28 bits per heavy atom. The van der Waals surface area contributed by atoms with Gasteiger partial charge in [-0.2, -0.15) is 18.3 Å². The third-order valence-electron chi connectivity index (χ3n) is 4.87. The third-order valence-corrected chi connectivity index (χ3v) is 5.43. The van der Waals surface area contributed by atoms with Crippen molar-refractivity contribution >= 4 is 38.8 Å². The van der Waals surface area contributed by atoms with Gasteiger partial charge >= 0.3 is 12.1 Å². The zero-order valence-electron chi connectivity index (χ0n) is 17.3. The average molecular weight is 515 g/mol. The van der Waals surface area contributed by atoms with Gasteiger partial charge in [0.05, 0.1) is 5.39 Å². The predicted molar refractivity (Wildman–Crippen MR) is 116 cm³/mol. The Balaban J connectivity index is 0.000000360. The molecule has 0 spiro atoms. The van der Waals surface area contributed by atoms with Crippen molar-refractivity contribution in [3.8, 4) is 0 Å². The number of nitrogens with one attached hydrogen (secondary N) is 2. The van der Waals surface area contributed by atoms with Gasteiger partial charge in [-0.25, -0.2) is 19.4 Å². The second-order valence-electron chi connectivity index (χ2n) is 7.50. The van der Waals surface area contributed by atoms with Crippen molar-refractivity contribution in [1.82, 2.24) is 25.1 Å². The largest absolute Gasteiger partial charge is 0.490 e. The molecule has 1 aliphatic heterocycles. The number of nitrogens with zero attached hydrogens (tertiary/aromatic N) is 4. The van der Waals surface area contributed by atoms with Gasteiger partial charge < -0.3 is 15.7 Å². The number of halogens is 4.